The van der Waals surface area contributed by atoms with Gasteiger partial charge in [-0.25, -0.2) is 0 Å². The highest BCUT2D eigenvalue weighted by Crippen LogP contribution is 2.30. The second-order valence-electron chi connectivity index (χ2n) is 4.50. The topological polar surface area (TPSA) is 23.6 Å². The van der Waals surface area contributed by atoms with Gasteiger partial charge in [0.1, 0.15) is 6.29 Å². The standard InChI is InChI=1S/C13H15F3N2O/c14-13(15,16)11-1-3-12(4-2-11)18-7-5-17(6-8-18)9-10-19/h1-4,10H,5-9H2. The maximum absolute atomic E-state index is 12.4. The molecule has 1 saturated heterocycles. The summed E-state index contributed by atoms with van der Waals surface area (Å²) in [6.07, 6.45) is -3.42. The summed E-state index contributed by atoms with van der Waals surface area (Å²) in [4.78, 5) is 14.4. The van der Waals surface area contributed by atoms with Crippen LogP contribution in [-0.4, -0.2) is 43.9 Å². The van der Waals surface area contributed by atoms with Crippen LogP contribution in [0, 0.1) is 0 Å². The Morgan fingerprint density at radius 2 is 1.63 bits per heavy atom. The van der Waals surface area contributed by atoms with Crippen LogP contribution >= 0.6 is 0 Å². The number of anilines is 1. The molecule has 19 heavy (non-hydrogen) atoms. The molecule has 1 aliphatic rings. The van der Waals surface area contributed by atoms with Crippen molar-refractivity contribution in [1.82, 2.24) is 4.90 Å². The molecule has 0 amide bonds. The fraction of sp³-hybridized carbons (Fsp3) is 0.462. The minimum atomic E-state index is -4.29. The molecule has 3 nitrogen and oxygen atoms in total. The van der Waals surface area contributed by atoms with Gasteiger partial charge in [0.05, 0.1) is 12.1 Å². The van der Waals surface area contributed by atoms with Crippen LogP contribution in [0.2, 0.25) is 0 Å². The van der Waals surface area contributed by atoms with E-state index < -0.39 is 11.7 Å². The van der Waals surface area contributed by atoms with Crippen LogP contribution in [0.3, 0.4) is 0 Å². The number of aldehydes is 1. The molecule has 1 aromatic carbocycles. The van der Waals surface area contributed by atoms with Crippen LogP contribution in [0.1, 0.15) is 5.56 Å². The first-order valence-corrected chi connectivity index (χ1v) is 6.09. The number of halogens is 3. The third-order valence-electron chi connectivity index (χ3n) is 3.26. The summed E-state index contributed by atoms with van der Waals surface area (Å²) < 4.78 is 37.3. The highest BCUT2D eigenvalue weighted by Gasteiger charge is 2.30. The van der Waals surface area contributed by atoms with Crippen LogP contribution in [-0.2, 0) is 11.0 Å². The maximum Gasteiger partial charge on any atom is 0.416 e. The molecule has 1 aromatic rings. The summed E-state index contributed by atoms with van der Waals surface area (Å²) in [5.41, 5.74) is 0.162. The van der Waals surface area contributed by atoms with E-state index in [1.807, 2.05) is 9.80 Å². The first-order valence-electron chi connectivity index (χ1n) is 6.09. The predicted octanol–water partition coefficient (Wildman–Crippen LogP) is 2.03. The molecule has 1 aliphatic heterocycles. The van der Waals surface area contributed by atoms with Crippen LogP contribution in [0.25, 0.3) is 0 Å². The lowest BCUT2D eigenvalue weighted by molar-refractivity contribution is -0.137. The highest BCUT2D eigenvalue weighted by molar-refractivity contribution is 5.52. The van der Waals surface area contributed by atoms with Crippen molar-refractivity contribution in [2.75, 3.05) is 37.6 Å². The van der Waals surface area contributed by atoms with Gasteiger partial charge in [-0.05, 0) is 24.3 Å². The molecule has 0 bridgehead atoms. The minimum absolute atomic E-state index is 0.418. The summed E-state index contributed by atoms with van der Waals surface area (Å²) in [5, 5.41) is 0. The molecule has 0 radical (unpaired) electrons. The van der Waals surface area contributed by atoms with Gasteiger partial charge in [0.2, 0.25) is 0 Å². The zero-order valence-corrected chi connectivity index (χ0v) is 10.4. The molecule has 0 unspecified atom stereocenters. The lowest BCUT2D eigenvalue weighted by atomic mass is 10.1. The summed E-state index contributed by atoms with van der Waals surface area (Å²) in [5.74, 6) is 0. The molecule has 104 valence electrons. The number of benzene rings is 1. The Morgan fingerprint density at radius 3 is 2.11 bits per heavy atom. The van der Waals surface area contributed by atoms with Gasteiger partial charge in [-0.15, -0.1) is 0 Å². The minimum Gasteiger partial charge on any atom is -0.369 e. The van der Waals surface area contributed by atoms with Gasteiger partial charge in [-0.2, -0.15) is 13.2 Å². The maximum atomic E-state index is 12.4. The third-order valence-corrected chi connectivity index (χ3v) is 3.26. The van der Waals surface area contributed by atoms with E-state index in [1.165, 1.54) is 12.1 Å². The van der Waals surface area contributed by atoms with Crippen molar-refractivity contribution in [3.05, 3.63) is 29.8 Å². The predicted molar refractivity (Wildman–Crippen MR) is 66.2 cm³/mol. The van der Waals surface area contributed by atoms with Gasteiger partial charge in [-0.3, -0.25) is 4.90 Å². The molecule has 1 fully saturated rings. The van der Waals surface area contributed by atoms with Gasteiger partial charge < -0.3 is 9.69 Å². The Balaban J connectivity index is 1.98. The van der Waals surface area contributed by atoms with Gasteiger partial charge in [0.25, 0.3) is 0 Å². The number of piperazine rings is 1. The third kappa shape index (κ3) is 3.47. The summed E-state index contributed by atoms with van der Waals surface area (Å²) in [6.45, 7) is 3.36. The number of nitrogens with zero attached hydrogens (tertiary/aromatic N) is 2. The normalized spacial score (nSPS) is 17.5. The van der Waals surface area contributed by atoms with E-state index in [-0.39, 0.29) is 0 Å². The number of carbonyl (C=O) groups is 1. The van der Waals surface area contributed by atoms with Crippen LogP contribution in [0.4, 0.5) is 18.9 Å². The van der Waals surface area contributed by atoms with Gasteiger partial charge in [0.15, 0.2) is 0 Å². The van der Waals surface area contributed by atoms with Gasteiger partial charge in [-0.1, -0.05) is 0 Å². The zero-order valence-electron chi connectivity index (χ0n) is 10.4. The average Bonchev–Trinajstić information content (AvgIpc) is 2.39. The lowest BCUT2D eigenvalue weighted by Gasteiger charge is -2.35. The SMILES string of the molecule is O=CCN1CCN(c2ccc(C(F)(F)F)cc2)CC1. The highest BCUT2D eigenvalue weighted by atomic mass is 19.4. The van der Waals surface area contributed by atoms with Crippen molar-refractivity contribution in [3.63, 3.8) is 0 Å². The first kappa shape index (κ1) is 13.9. The molecule has 0 saturated carbocycles. The fourth-order valence-corrected chi connectivity index (χ4v) is 2.16. The van der Waals surface area contributed by atoms with Crippen molar-refractivity contribution in [2.24, 2.45) is 0 Å². The number of rotatable bonds is 3. The number of hydrogen-bond donors (Lipinski definition) is 0. The molecule has 1 heterocycles. The zero-order chi connectivity index (χ0) is 13.9. The summed E-state index contributed by atoms with van der Waals surface area (Å²) in [6, 6.07) is 5.21. The Bertz CT molecular complexity index is 423. The van der Waals surface area contributed by atoms with E-state index in [4.69, 9.17) is 0 Å². The van der Waals surface area contributed by atoms with Gasteiger partial charge in [0, 0.05) is 31.9 Å². The summed E-state index contributed by atoms with van der Waals surface area (Å²) >= 11 is 0. The Morgan fingerprint density at radius 1 is 1.05 bits per heavy atom. The average molecular weight is 272 g/mol. The molecule has 0 atom stereocenters. The van der Waals surface area contributed by atoms with Crippen molar-refractivity contribution < 1.29 is 18.0 Å². The van der Waals surface area contributed by atoms with E-state index in [2.05, 4.69) is 0 Å². The van der Waals surface area contributed by atoms with Crippen molar-refractivity contribution in [2.45, 2.75) is 6.18 Å². The largest absolute Gasteiger partial charge is 0.416 e. The van der Waals surface area contributed by atoms with E-state index in [9.17, 15) is 18.0 Å². The second kappa shape index (κ2) is 5.61. The summed E-state index contributed by atoms with van der Waals surface area (Å²) in [7, 11) is 0. The monoisotopic (exact) mass is 272 g/mol. The molecule has 2 rings (SSSR count). The van der Waals surface area contributed by atoms with E-state index >= 15 is 0 Å². The molecular formula is C13H15F3N2O. The van der Waals surface area contributed by atoms with Crippen LogP contribution in [0.5, 0.6) is 0 Å². The van der Waals surface area contributed by atoms with Crippen LogP contribution in [0.15, 0.2) is 24.3 Å². The van der Waals surface area contributed by atoms with E-state index in [0.717, 1.165) is 50.3 Å². The number of alkyl halides is 3. The quantitative estimate of drug-likeness (QED) is 0.787. The molecule has 0 aliphatic carbocycles. The smallest absolute Gasteiger partial charge is 0.369 e. The lowest BCUT2D eigenvalue weighted by Crippen LogP contribution is -2.46. The molecule has 0 spiro atoms. The van der Waals surface area contributed by atoms with E-state index in [0.29, 0.717) is 6.54 Å². The van der Waals surface area contributed by atoms with Crippen molar-refractivity contribution in [3.8, 4) is 0 Å². The molecule has 0 N–H and O–H groups in total. The fourth-order valence-electron chi connectivity index (χ4n) is 2.16. The molecule has 6 heteroatoms. The van der Waals surface area contributed by atoms with Gasteiger partial charge >= 0.3 is 6.18 Å². The van der Waals surface area contributed by atoms with Crippen LogP contribution < -0.4 is 4.90 Å². The van der Waals surface area contributed by atoms with Crippen molar-refractivity contribution in [1.29, 1.82) is 0 Å². The Hall–Kier alpha value is -1.56. The Kier molecular flexibility index (Phi) is 4.09. The van der Waals surface area contributed by atoms with Crippen molar-refractivity contribution >= 4 is 12.0 Å². The second-order valence-corrected chi connectivity index (χ2v) is 4.50. The first-order chi connectivity index (χ1) is 9.00. The Labute approximate surface area is 109 Å². The molecule has 0 aromatic heterocycles. The number of carbonyl (C=O) groups excluding carboxylic acids is 1. The van der Waals surface area contributed by atoms with E-state index in [1.54, 1.807) is 0 Å². The number of hydrogen-bond acceptors (Lipinski definition) is 3. The molecular weight excluding hydrogens is 257 g/mol.